The molecule has 0 bridgehead atoms. The van der Waals surface area contributed by atoms with E-state index in [1.54, 1.807) is 13.0 Å². The second-order valence-electron chi connectivity index (χ2n) is 9.19. The highest BCUT2D eigenvalue weighted by molar-refractivity contribution is 7.92. The van der Waals surface area contributed by atoms with Crippen LogP contribution in [-0.2, 0) is 14.8 Å². The summed E-state index contributed by atoms with van der Waals surface area (Å²) in [5, 5.41) is 3.09. The monoisotopic (exact) mass is 444 g/mol. The number of nitrogens with zero attached hydrogens (tertiary/aromatic N) is 1. The zero-order chi connectivity index (χ0) is 23.1. The number of hydrogen-bond acceptors (Lipinski definition) is 4. The zero-order valence-corrected chi connectivity index (χ0v) is 20.1. The highest BCUT2D eigenvalue weighted by Gasteiger charge is 2.37. The van der Waals surface area contributed by atoms with Crippen molar-refractivity contribution in [3.05, 3.63) is 58.7 Å². The lowest BCUT2D eigenvalue weighted by Crippen LogP contribution is -2.50. The fraction of sp³-hybridized carbons (Fsp3) is 0.458. The van der Waals surface area contributed by atoms with Crippen molar-refractivity contribution in [2.24, 2.45) is 0 Å². The van der Waals surface area contributed by atoms with E-state index in [-0.39, 0.29) is 11.9 Å². The van der Waals surface area contributed by atoms with E-state index in [1.807, 2.05) is 65.0 Å². The summed E-state index contributed by atoms with van der Waals surface area (Å²) < 4.78 is 32.7. The molecule has 31 heavy (non-hydrogen) atoms. The Hall–Kier alpha value is -2.54. The van der Waals surface area contributed by atoms with Gasteiger partial charge in [-0.2, -0.15) is 0 Å². The van der Waals surface area contributed by atoms with Crippen molar-refractivity contribution in [2.75, 3.05) is 10.6 Å². The molecule has 0 spiro atoms. The van der Waals surface area contributed by atoms with Gasteiger partial charge >= 0.3 is 0 Å². The number of anilines is 1. The van der Waals surface area contributed by atoms with E-state index in [9.17, 15) is 13.2 Å². The minimum Gasteiger partial charge on any atom is -0.487 e. The third-order valence-corrected chi connectivity index (χ3v) is 6.86. The standard InChI is InChI=1S/C24H32N2O4S/c1-15-9-11-22-19(12-15)20(14-24(5,6)30-22)25-23(27)18(4)26(31(7,28)29)21-13-16(2)8-10-17(21)3/h8-13,18,20H,14H2,1-7H3,(H,25,27)/t18-,20+/m0/s1. The van der Waals surface area contributed by atoms with Crippen LogP contribution in [0.4, 0.5) is 5.69 Å². The quantitative estimate of drug-likeness (QED) is 0.750. The van der Waals surface area contributed by atoms with Crippen molar-refractivity contribution in [1.82, 2.24) is 5.32 Å². The molecule has 3 rings (SSSR count). The predicted octanol–water partition coefficient (Wildman–Crippen LogP) is 4.18. The number of rotatable bonds is 5. The van der Waals surface area contributed by atoms with Gasteiger partial charge in [-0.25, -0.2) is 8.42 Å². The minimum atomic E-state index is -3.68. The van der Waals surface area contributed by atoms with Gasteiger partial charge in [-0.05, 0) is 64.8 Å². The molecule has 2 aromatic carbocycles. The van der Waals surface area contributed by atoms with Gasteiger partial charge in [0.25, 0.3) is 0 Å². The molecular formula is C24H32N2O4S. The van der Waals surface area contributed by atoms with Gasteiger partial charge in [0.2, 0.25) is 15.9 Å². The average molecular weight is 445 g/mol. The lowest BCUT2D eigenvalue weighted by Gasteiger charge is -2.39. The summed E-state index contributed by atoms with van der Waals surface area (Å²) in [7, 11) is -3.68. The molecule has 1 heterocycles. The Labute approximate surface area is 185 Å². The number of ether oxygens (including phenoxy) is 1. The van der Waals surface area contributed by atoms with Gasteiger partial charge in [-0.15, -0.1) is 0 Å². The summed E-state index contributed by atoms with van der Waals surface area (Å²) in [6.07, 6.45) is 1.72. The minimum absolute atomic E-state index is 0.270. The van der Waals surface area contributed by atoms with Crippen molar-refractivity contribution in [3.8, 4) is 5.75 Å². The van der Waals surface area contributed by atoms with Gasteiger partial charge < -0.3 is 10.1 Å². The molecule has 1 N–H and O–H groups in total. The van der Waals surface area contributed by atoms with Gasteiger partial charge in [0, 0.05) is 12.0 Å². The van der Waals surface area contributed by atoms with E-state index in [0.29, 0.717) is 12.1 Å². The summed E-state index contributed by atoms with van der Waals surface area (Å²) >= 11 is 0. The molecule has 0 fully saturated rings. The molecular weight excluding hydrogens is 412 g/mol. The Morgan fingerprint density at radius 1 is 1.13 bits per heavy atom. The molecule has 1 aliphatic heterocycles. The van der Waals surface area contributed by atoms with E-state index in [2.05, 4.69) is 5.32 Å². The number of aryl methyl sites for hydroxylation is 3. The molecule has 6 nitrogen and oxygen atoms in total. The predicted molar refractivity (Wildman–Crippen MR) is 124 cm³/mol. The third-order valence-electron chi connectivity index (χ3n) is 5.63. The zero-order valence-electron chi connectivity index (χ0n) is 19.3. The Bertz CT molecular complexity index is 1110. The Morgan fingerprint density at radius 3 is 2.39 bits per heavy atom. The van der Waals surface area contributed by atoms with Crippen molar-refractivity contribution in [3.63, 3.8) is 0 Å². The first kappa shape index (κ1) is 23.1. The fourth-order valence-electron chi connectivity index (χ4n) is 4.13. The normalized spacial score (nSPS) is 18.5. The topological polar surface area (TPSA) is 75.7 Å². The summed E-state index contributed by atoms with van der Waals surface area (Å²) in [5.74, 6) is 0.399. The maximum atomic E-state index is 13.3. The van der Waals surface area contributed by atoms with Crippen LogP contribution in [0.25, 0.3) is 0 Å². The molecule has 2 aromatic rings. The second kappa shape index (κ2) is 8.19. The fourth-order valence-corrected chi connectivity index (χ4v) is 5.36. The van der Waals surface area contributed by atoms with Crippen molar-refractivity contribution in [2.45, 2.75) is 65.6 Å². The maximum absolute atomic E-state index is 13.3. The molecule has 0 aliphatic carbocycles. The Morgan fingerprint density at radius 2 is 1.74 bits per heavy atom. The van der Waals surface area contributed by atoms with Crippen LogP contribution in [-0.4, -0.2) is 32.2 Å². The van der Waals surface area contributed by atoms with E-state index in [0.717, 1.165) is 34.3 Å². The van der Waals surface area contributed by atoms with Crippen LogP contribution in [0.15, 0.2) is 36.4 Å². The summed E-state index contributed by atoms with van der Waals surface area (Å²) in [4.78, 5) is 13.3. The molecule has 1 aliphatic rings. The Balaban J connectivity index is 1.95. The molecule has 168 valence electrons. The third kappa shape index (κ3) is 5.03. The van der Waals surface area contributed by atoms with Crippen molar-refractivity contribution >= 4 is 21.6 Å². The van der Waals surface area contributed by atoms with E-state index in [4.69, 9.17) is 4.74 Å². The van der Waals surface area contributed by atoms with Crippen molar-refractivity contribution in [1.29, 1.82) is 0 Å². The molecule has 0 unspecified atom stereocenters. The van der Waals surface area contributed by atoms with E-state index >= 15 is 0 Å². The lowest BCUT2D eigenvalue weighted by molar-refractivity contribution is -0.123. The molecule has 0 radical (unpaired) electrons. The molecule has 0 saturated heterocycles. The van der Waals surface area contributed by atoms with Gasteiger partial charge in [0.1, 0.15) is 17.4 Å². The van der Waals surface area contributed by atoms with Crippen LogP contribution >= 0.6 is 0 Å². The summed E-state index contributed by atoms with van der Waals surface area (Å²) in [6.45, 7) is 11.3. The summed E-state index contributed by atoms with van der Waals surface area (Å²) in [5.41, 5.74) is 3.78. The van der Waals surface area contributed by atoms with Crippen molar-refractivity contribution < 1.29 is 17.9 Å². The molecule has 1 amide bonds. The second-order valence-corrected chi connectivity index (χ2v) is 11.1. The molecule has 0 saturated carbocycles. The number of benzene rings is 2. The number of nitrogens with one attached hydrogen (secondary N) is 1. The first-order valence-electron chi connectivity index (χ1n) is 10.4. The van der Waals surface area contributed by atoms with E-state index in [1.165, 1.54) is 4.31 Å². The van der Waals surface area contributed by atoms with Crippen LogP contribution in [0, 0.1) is 20.8 Å². The van der Waals surface area contributed by atoms with Gasteiger partial charge in [0.15, 0.2) is 0 Å². The number of sulfonamides is 1. The number of amides is 1. The number of carbonyl (C=O) groups excluding carboxylic acids is 1. The molecule has 7 heteroatoms. The SMILES string of the molecule is Cc1ccc2c(c1)[C@H](NC(=O)[C@H](C)N(c1cc(C)ccc1C)S(C)(=O)=O)CC(C)(C)O2. The first-order valence-corrected chi connectivity index (χ1v) is 12.3. The van der Waals surface area contributed by atoms with Crippen LogP contribution in [0.3, 0.4) is 0 Å². The summed E-state index contributed by atoms with van der Waals surface area (Å²) in [6, 6.07) is 10.3. The highest BCUT2D eigenvalue weighted by atomic mass is 32.2. The number of carbonyl (C=O) groups is 1. The van der Waals surface area contributed by atoms with Crippen LogP contribution in [0.5, 0.6) is 5.75 Å². The number of fused-ring (bicyclic) bond motifs is 1. The number of hydrogen-bond donors (Lipinski definition) is 1. The molecule has 0 aromatic heterocycles. The highest BCUT2D eigenvalue weighted by Crippen LogP contribution is 2.40. The van der Waals surface area contributed by atoms with Gasteiger partial charge in [-0.1, -0.05) is 29.8 Å². The average Bonchev–Trinajstić information content (AvgIpc) is 2.63. The molecule has 2 atom stereocenters. The first-order chi connectivity index (χ1) is 14.3. The van der Waals surface area contributed by atoms with Crippen LogP contribution in [0.1, 0.15) is 55.5 Å². The van der Waals surface area contributed by atoms with E-state index < -0.39 is 21.7 Å². The van der Waals surface area contributed by atoms with Gasteiger partial charge in [0.05, 0.1) is 18.0 Å². The Kier molecular flexibility index (Phi) is 6.11. The van der Waals surface area contributed by atoms with Crippen LogP contribution in [0.2, 0.25) is 0 Å². The van der Waals surface area contributed by atoms with Crippen LogP contribution < -0.4 is 14.4 Å². The smallest absolute Gasteiger partial charge is 0.244 e. The maximum Gasteiger partial charge on any atom is 0.244 e. The van der Waals surface area contributed by atoms with Gasteiger partial charge in [-0.3, -0.25) is 9.10 Å². The lowest BCUT2D eigenvalue weighted by atomic mass is 9.88. The largest absolute Gasteiger partial charge is 0.487 e.